The van der Waals surface area contributed by atoms with Crippen LogP contribution in [-0.4, -0.2) is 71.4 Å². The van der Waals surface area contributed by atoms with E-state index in [1.165, 1.54) is 6.42 Å². The molecule has 2 aliphatic rings. The SMILES string of the molecule is CC1CCCN(c2ncc(C(=O)N3CCN(C=O)CC3)cn2)C1. The number of nitrogens with zero attached hydrogens (tertiary/aromatic N) is 5. The highest BCUT2D eigenvalue weighted by molar-refractivity contribution is 5.93. The van der Waals surface area contributed by atoms with Gasteiger partial charge in [-0.25, -0.2) is 9.97 Å². The standard InChI is InChI=1S/C16H23N5O2/c1-13-3-2-4-21(11-13)16-17-9-14(10-18-16)15(23)20-7-5-19(12-22)6-8-20/h9-10,12-13H,2-8,11H2,1H3. The van der Waals surface area contributed by atoms with Crippen LogP contribution in [-0.2, 0) is 4.79 Å². The quantitative estimate of drug-likeness (QED) is 0.765. The van der Waals surface area contributed by atoms with Crippen molar-refractivity contribution in [1.29, 1.82) is 0 Å². The average molecular weight is 317 g/mol. The number of piperazine rings is 1. The Balaban J connectivity index is 1.62. The van der Waals surface area contributed by atoms with Gasteiger partial charge in [0.05, 0.1) is 5.56 Å². The summed E-state index contributed by atoms with van der Waals surface area (Å²) >= 11 is 0. The zero-order valence-electron chi connectivity index (χ0n) is 13.5. The molecule has 0 aromatic carbocycles. The maximum Gasteiger partial charge on any atom is 0.257 e. The molecule has 2 fully saturated rings. The van der Waals surface area contributed by atoms with E-state index in [4.69, 9.17) is 0 Å². The summed E-state index contributed by atoms with van der Waals surface area (Å²) in [6.07, 6.45) is 6.48. The minimum atomic E-state index is -0.0610. The van der Waals surface area contributed by atoms with E-state index in [2.05, 4.69) is 21.8 Å². The first-order valence-corrected chi connectivity index (χ1v) is 8.23. The van der Waals surface area contributed by atoms with Crippen LogP contribution in [0.4, 0.5) is 5.95 Å². The smallest absolute Gasteiger partial charge is 0.257 e. The molecular formula is C16H23N5O2. The van der Waals surface area contributed by atoms with E-state index in [0.717, 1.165) is 25.9 Å². The Labute approximate surface area is 136 Å². The minimum Gasteiger partial charge on any atom is -0.342 e. The molecule has 0 N–H and O–H groups in total. The van der Waals surface area contributed by atoms with Crippen molar-refractivity contribution >= 4 is 18.3 Å². The second-order valence-electron chi connectivity index (χ2n) is 6.40. The second-order valence-corrected chi connectivity index (χ2v) is 6.40. The summed E-state index contributed by atoms with van der Waals surface area (Å²) < 4.78 is 0. The van der Waals surface area contributed by atoms with Crippen molar-refractivity contribution in [2.75, 3.05) is 44.2 Å². The molecule has 2 aliphatic heterocycles. The fourth-order valence-corrected chi connectivity index (χ4v) is 3.18. The Morgan fingerprint density at radius 3 is 2.48 bits per heavy atom. The highest BCUT2D eigenvalue weighted by Crippen LogP contribution is 2.19. The number of piperidine rings is 1. The van der Waals surface area contributed by atoms with E-state index in [0.29, 0.717) is 43.6 Å². The number of rotatable bonds is 3. The topological polar surface area (TPSA) is 69.6 Å². The van der Waals surface area contributed by atoms with Crippen LogP contribution in [0.2, 0.25) is 0 Å². The van der Waals surface area contributed by atoms with Gasteiger partial charge in [-0.05, 0) is 18.8 Å². The van der Waals surface area contributed by atoms with Gasteiger partial charge in [0.2, 0.25) is 12.4 Å². The zero-order valence-corrected chi connectivity index (χ0v) is 13.5. The molecule has 7 nitrogen and oxygen atoms in total. The third-order valence-corrected chi connectivity index (χ3v) is 4.58. The molecule has 3 heterocycles. The number of hydrogen-bond donors (Lipinski definition) is 0. The van der Waals surface area contributed by atoms with E-state index in [1.54, 1.807) is 22.2 Å². The molecule has 0 bridgehead atoms. The lowest BCUT2D eigenvalue weighted by molar-refractivity contribution is -0.119. The fourth-order valence-electron chi connectivity index (χ4n) is 3.18. The van der Waals surface area contributed by atoms with E-state index in [9.17, 15) is 9.59 Å². The van der Waals surface area contributed by atoms with Gasteiger partial charge in [-0.15, -0.1) is 0 Å². The molecule has 0 spiro atoms. The number of carbonyl (C=O) groups excluding carboxylic acids is 2. The summed E-state index contributed by atoms with van der Waals surface area (Å²) in [5, 5.41) is 0. The molecule has 0 radical (unpaired) electrons. The van der Waals surface area contributed by atoms with Crippen LogP contribution in [0.15, 0.2) is 12.4 Å². The van der Waals surface area contributed by atoms with Crippen LogP contribution < -0.4 is 4.90 Å². The first kappa shape index (κ1) is 15.7. The Kier molecular flexibility index (Phi) is 4.73. The zero-order chi connectivity index (χ0) is 16.2. The third kappa shape index (κ3) is 3.60. The number of carbonyl (C=O) groups is 2. The molecule has 0 aliphatic carbocycles. The lowest BCUT2D eigenvalue weighted by Gasteiger charge is -2.32. The number of amides is 2. The van der Waals surface area contributed by atoms with Crippen molar-refractivity contribution in [3.8, 4) is 0 Å². The summed E-state index contributed by atoms with van der Waals surface area (Å²) in [4.78, 5) is 37.6. The highest BCUT2D eigenvalue weighted by atomic mass is 16.2. The number of aromatic nitrogens is 2. The largest absolute Gasteiger partial charge is 0.342 e. The molecule has 1 unspecified atom stereocenters. The fraction of sp³-hybridized carbons (Fsp3) is 0.625. The van der Waals surface area contributed by atoms with Gasteiger partial charge >= 0.3 is 0 Å². The van der Waals surface area contributed by atoms with Crippen LogP contribution in [0.25, 0.3) is 0 Å². The molecule has 1 atom stereocenters. The Bertz CT molecular complexity index is 554. The van der Waals surface area contributed by atoms with Gasteiger partial charge < -0.3 is 14.7 Å². The summed E-state index contributed by atoms with van der Waals surface area (Å²) in [5.74, 6) is 1.30. The molecule has 3 rings (SSSR count). The van der Waals surface area contributed by atoms with Crippen LogP contribution in [0, 0.1) is 5.92 Å². The van der Waals surface area contributed by atoms with Gasteiger partial charge in [-0.3, -0.25) is 9.59 Å². The Hall–Kier alpha value is -2.18. The van der Waals surface area contributed by atoms with Gasteiger partial charge in [0.1, 0.15) is 0 Å². The molecule has 0 saturated carbocycles. The maximum absolute atomic E-state index is 12.5. The van der Waals surface area contributed by atoms with Crippen molar-refractivity contribution in [3.05, 3.63) is 18.0 Å². The normalized spacial score (nSPS) is 22.1. The van der Waals surface area contributed by atoms with Crippen molar-refractivity contribution in [2.24, 2.45) is 5.92 Å². The van der Waals surface area contributed by atoms with Gasteiger partial charge in [-0.2, -0.15) is 0 Å². The molecule has 2 saturated heterocycles. The van der Waals surface area contributed by atoms with E-state index in [-0.39, 0.29) is 5.91 Å². The summed E-state index contributed by atoms with van der Waals surface area (Å²) in [5.41, 5.74) is 0.512. The third-order valence-electron chi connectivity index (χ3n) is 4.58. The number of anilines is 1. The van der Waals surface area contributed by atoms with E-state index in [1.807, 2.05) is 0 Å². The summed E-state index contributed by atoms with van der Waals surface area (Å²) in [6, 6.07) is 0. The van der Waals surface area contributed by atoms with Gasteiger partial charge in [0.25, 0.3) is 5.91 Å². The Morgan fingerprint density at radius 2 is 1.87 bits per heavy atom. The molecule has 1 aromatic rings. The lowest BCUT2D eigenvalue weighted by atomic mass is 10.0. The second kappa shape index (κ2) is 6.93. The first-order chi connectivity index (χ1) is 11.2. The van der Waals surface area contributed by atoms with Crippen molar-refractivity contribution in [1.82, 2.24) is 19.8 Å². The van der Waals surface area contributed by atoms with E-state index >= 15 is 0 Å². The van der Waals surface area contributed by atoms with Gasteiger partial charge in [-0.1, -0.05) is 6.92 Å². The van der Waals surface area contributed by atoms with Crippen LogP contribution >= 0.6 is 0 Å². The summed E-state index contributed by atoms with van der Waals surface area (Å²) in [6.45, 7) is 6.47. The summed E-state index contributed by atoms with van der Waals surface area (Å²) in [7, 11) is 0. The molecule has 124 valence electrons. The average Bonchev–Trinajstić information content (AvgIpc) is 2.61. The van der Waals surface area contributed by atoms with Crippen LogP contribution in [0.5, 0.6) is 0 Å². The van der Waals surface area contributed by atoms with Crippen molar-refractivity contribution in [2.45, 2.75) is 19.8 Å². The number of hydrogen-bond acceptors (Lipinski definition) is 5. The monoisotopic (exact) mass is 317 g/mol. The molecular weight excluding hydrogens is 294 g/mol. The van der Waals surface area contributed by atoms with Crippen molar-refractivity contribution < 1.29 is 9.59 Å². The first-order valence-electron chi connectivity index (χ1n) is 8.23. The van der Waals surface area contributed by atoms with Gasteiger partial charge in [0, 0.05) is 51.7 Å². The van der Waals surface area contributed by atoms with E-state index < -0.39 is 0 Å². The lowest BCUT2D eigenvalue weighted by Crippen LogP contribution is -2.48. The highest BCUT2D eigenvalue weighted by Gasteiger charge is 2.23. The van der Waals surface area contributed by atoms with Crippen LogP contribution in [0.1, 0.15) is 30.1 Å². The maximum atomic E-state index is 12.5. The molecule has 23 heavy (non-hydrogen) atoms. The molecule has 2 amide bonds. The van der Waals surface area contributed by atoms with Crippen molar-refractivity contribution in [3.63, 3.8) is 0 Å². The molecule has 1 aromatic heterocycles. The Morgan fingerprint density at radius 1 is 1.17 bits per heavy atom. The minimum absolute atomic E-state index is 0.0610. The van der Waals surface area contributed by atoms with Gasteiger partial charge in [0.15, 0.2) is 0 Å². The molecule has 7 heteroatoms. The predicted molar refractivity (Wildman–Crippen MR) is 86.2 cm³/mol. The predicted octanol–water partition coefficient (Wildman–Crippen LogP) is 0.627. The van der Waals surface area contributed by atoms with Crippen LogP contribution in [0.3, 0.4) is 0 Å².